The molecule has 0 saturated carbocycles. The van der Waals surface area contributed by atoms with Crippen molar-refractivity contribution in [3.05, 3.63) is 29.6 Å². The maximum absolute atomic E-state index is 13.3. The molecule has 0 aliphatic rings. The molecular weight excluding hydrogens is 293 g/mol. The quantitative estimate of drug-likeness (QED) is 0.788. The molecule has 0 amide bonds. The molecule has 0 aliphatic heterocycles. The van der Waals surface area contributed by atoms with Crippen LogP contribution in [0.15, 0.2) is 23.1 Å². The number of rotatable bonds is 6. The van der Waals surface area contributed by atoms with E-state index in [-0.39, 0.29) is 23.5 Å². The maximum atomic E-state index is 13.3. The molecule has 0 fully saturated rings. The van der Waals surface area contributed by atoms with E-state index in [4.69, 9.17) is 5.11 Å². The van der Waals surface area contributed by atoms with Crippen LogP contribution in [0.1, 0.15) is 32.3 Å². The molecule has 1 aromatic carbocycles. The van der Waals surface area contributed by atoms with Crippen molar-refractivity contribution < 1.29 is 17.9 Å². The number of sulfonamides is 1. The third kappa shape index (κ3) is 5.84. The highest BCUT2D eigenvalue weighted by atomic mass is 32.2. The molecule has 0 aromatic heterocycles. The molecular formula is C15H20FNO3S. The Bertz CT molecular complexity index is 630. The molecule has 4 nitrogen and oxygen atoms in total. The van der Waals surface area contributed by atoms with Gasteiger partial charge in [0.1, 0.15) is 5.82 Å². The van der Waals surface area contributed by atoms with Crippen LogP contribution < -0.4 is 4.72 Å². The smallest absolute Gasteiger partial charge is 0.241 e. The molecule has 21 heavy (non-hydrogen) atoms. The zero-order chi connectivity index (χ0) is 15.9. The van der Waals surface area contributed by atoms with E-state index in [1.54, 1.807) is 0 Å². The van der Waals surface area contributed by atoms with Crippen molar-refractivity contribution in [1.29, 1.82) is 0 Å². The van der Waals surface area contributed by atoms with E-state index in [0.717, 1.165) is 12.1 Å². The number of hydrogen-bond donors (Lipinski definition) is 2. The first-order chi connectivity index (χ1) is 9.86. The second-order valence-corrected chi connectivity index (χ2v) is 6.73. The first-order valence-electron chi connectivity index (χ1n) is 6.75. The fourth-order valence-electron chi connectivity index (χ4n) is 1.61. The Balaban J connectivity index is 3.03. The van der Waals surface area contributed by atoms with Gasteiger partial charge in [-0.1, -0.05) is 25.7 Å². The molecule has 0 heterocycles. The predicted octanol–water partition coefficient (Wildman–Crippen LogP) is 1.88. The molecule has 0 spiro atoms. The van der Waals surface area contributed by atoms with Crippen molar-refractivity contribution >= 4 is 10.0 Å². The molecule has 1 aromatic rings. The van der Waals surface area contributed by atoms with Crippen molar-refractivity contribution in [2.75, 3.05) is 13.2 Å². The van der Waals surface area contributed by atoms with Crippen LogP contribution in [-0.4, -0.2) is 26.7 Å². The highest BCUT2D eigenvalue weighted by Gasteiger charge is 2.18. The van der Waals surface area contributed by atoms with Crippen molar-refractivity contribution in [3.8, 4) is 11.8 Å². The lowest BCUT2D eigenvalue weighted by Crippen LogP contribution is -2.26. The minimum atomic E-state index is -3.72. The van der Waals surface area contributed by atoms with Gasteiger partial charge < -0.3 is 5.11 Å². The summed E-state index contributed by atoms with van der Waals surface area (Å²) in [5.41, 5.74) is 0.0977. The van der Waals surface area contributed by atoms with Crippen LogP contribution in [0.3, 0.4) is 0 Å². The second kappa shape index (κ2) is 8.13. The lowest BCUT2D eigenvalue weighted by molar-refractivity contribution is 0.305. The standard InChI is InChI=1S/C15H20FNO3S/c1-12(2)8-9-17-21(19,20)15-7-6-14(16)11-13(15)5-3-4-10-18/h6-7,11-12,17-18H,4,8-10H2,1-2H3. The van der Waals surface area contributed by atoms with Gasteiger partial charge in [0, 0.05) is 18.5 Å². The van der Waals surface area contributed by atoms with Crippen molar-refractivity contribution in [1.82, 2.24) is 4.72 Å². The summed E-state index contributed by atoms with van der Waals surface area (Å²) in [6.45, 7) is 4.19. The van der Waals surface area contributed by atoms with Gasteiger partial charge in [-0.15, -0.1) is 0 Å². The molecule has 1 rings (SSSR count). The largest absolute Gasteiger partial charge is 0.395 e. The van der Waals surface area contributed by atoms with Crippen molar-refractivity contribution in [2.24, 2.45) is 5.92 Å². The third-order valence-corrected chi connectivity index (χ3v) is 4.22. The van der Waals surface area contributed by atoms with Gasteiger partial charge in [-0.3, -0.25) is 0 Å². The Morgan fingerprint density at radius 1 is 1.38 bits per heavy atom. The van der Waals surface area contributed by atoms with Crippen LogP contribution in [0.25, 0.3) is 0 Å². The fourth-order valence-corrected chi connectivity index (χ4v) is 2.80. The normalized spacial score (nSPS) is 11.3. The summed E-state index contributed by atoms with van der Waals surface area (Å²) in [5.74, 6) is 5.03. The zero-order valence-corrected chi connectivity index (χ0v) is 13.0. The first-order valence-corrected chi connectivity index (χ1v) is 8.24. The summed E-state index contributed by atoms with van der Waals surface area (Å²) in [5, 5.41) is 8.69. The van der Waals surface area contributed by atoms with E-state index in [0.29, 0.717) is 18.9 Å². The lowest BCUT2D eigenvalue weighted by Gasteiger charge is -2.10. The van der Waals surface area contributed by atoms with Gasteiger partial charge in [0.05, 0.1) is 11.5 Å². The summed E-state index contributed by atoms with van der Waals surface area (Å²) < 4.78 is 40.2. The Kier molecular flexibility index (Phi) is 6.82. The van der Waals surface area contributed by atoms with Gasteiger partial charge in [-0.2, -0.15) is 0 Å². The van der Waals surface area contributed by atoms with Crippen molar-refractivity contribution in [3.63, 3.8) is 0 Å². The zero-order valence-electron chi connectivity index (χ0n) is 12.2. The van der Waals surface area contributed by atoms with E-state index in [2.05, 4.69) is 16.6 Å². The third-order valence-electron chi connectivity index (χ3n) is 2.70. The van der Waals surface area contributed by atoms with Gasteiger partial charge in [0.25, 0.3) is 0 Å². The van der Waals surface area contributed by atoms with E-state index in [1.807, 2.05) is 13.8 Å². The molecule has 0 atom stereocenters. The molecule has 6 heteroatoms. The first kappa shape index (κ1) is 17.6. The highest BCUT2D eigenvalue weighted by Crippen LogP contribution is 2.16. The molecule has 0 unspecified atom stereocenters. The number of benzene rings is 1. The molecule has 0 radical (unpaired) electrons. The van der Waals surface area contributed by atoms with E-state index in [9.17, 15) is 12.8 Å². The Hall–Kier alpha value is -1.42. The fraction of sp³-hybridized carbons (Fsp3) is 0.467. The van der Waals surface area contributed by atoms with Gasteiger partial charge in [-0.25, -0.2) is 17.5 Å². The SMILES string of the molecule is CC(C)CCNS(=O)(=O)c1ccc(F)cc1C#CCCO. The number of halogens is 1. The second-order valence-electron chi connectivity index (χ2n) is 5.00. The van der Waals surface area contributed by atoms with Crippen LogP contribution in [-0.2, 0) is 10.0 Å². The van der Waals surface area contributed by atoms with Crippen LogP contribution >= 0.6 is 0 Å². The van der Waals surface area contributed by atoms with Gasteiger partial charge in [-0.05, 0) is 30.5 Å². The summed E-state index contributed by atoms with van der Waals surface area (Å²) in [7, 11) is -3.72. The summed E-state index contributed by atoms with van der Waals surface area (Å²) in [6.07, 6.45) is 0.919. The number of aliphatic hydroxyl groups excluding tert-OH is 1. The Morgan fingerprint density at radius 2 is 2.10 bits per heavy atom. The minimum Gasteiger partial charge on any atom is -0.395 e. The van der Waals surface area contributed by atoms with E-state index < -0.39 is 15.8 Å². The average Bonchev–Trinajstić information content (AvgIpc) is 2.38. The molecule has 0 saturated heterocycles. The van der Waals surface area contributed by atoms with Crippen LogP contribution in [0.2, 0.25) is 0 Å². The van der Waals surface area contributed by atoms with E-state index in [1.165, 1.54) is 6.07 Å². The van der Waals surface area contributed by atoms with Crippen molar-refractivity contribution in [2.45, 2.75) is 31.6 Å². The van der Waals surface area contributed by atoms with E-state index >= 15 is 0 Å². The Morgan fingerprint density at radius 3 is 2.71 bits per heavy atom. The van der Waals surface area contributed by atoms with Gasteiger partial charge >= 0.3 is 0 Å². The average molecular weight is 313 g/mol. The Labute approximate surface area is 125 Å². The number of nitrogens with one attached hydrogen (secondary N) is 1. The topological polar surface area (TPSA) is 66.4 Å². The van der Waals surface area contributed by atoms with Gasteiger partial charge in [0.15, 0.2) is 0 Å². The van der Waals surface area contributed by atoms with Gasteiger partial charge in [0.2, 0.25) is 10.0 Å². The highest BCUT2D eigenvalue weighted by molar-refractivity contribution is 7.89. The molecule has 0 bridgehead atoms. The maximum Gasteiger partial charge on any atom is 0.241 e. The lowest BCUT2D eigenvalue weighted by atomic mass is 10.1. The molecule has 2 N–H and O–H groups in total. The minimum absolute atomic E-state index is 0.0434. The van der Waals surface area contributed by atoms with Crippen LogP contribution in [0.4, 0.5) is 4.39 Å². The monoisotopic (exact) mass is 313 g/mol. The van der Waals surface area contributed by atoms with Crippen LogP contribution in [0.5, 0.6) is 0 Å². The van der Waals surface area contributed by atoms with Crippen LogP contribution in [0, 0.1) is 23.6 Å². The number of hydrogen-bond acceptors (Lipinski definition) is 3. The summed E-state index contributed by atoms with van der Waals surface area (Å²) in [6, 6.07) is 3.38. The molecule has 116 valence electrons. The predicted molar refractivity (Wildman–Crippen MR) is 79.6 cm³/mol. The number of aliphatic hydroxyl groups is 1. The summed E-state index contributed by atoms with van der Waals surface area (Å²) >= 11 is 0. The molecule has 0 aliphatic carbocycles. The summed E-state index contributed by atoms with van der Waals surface area (Å²) in [4.78, 5) is -0.0434.